The normalized spacial score (nSPS) is 17.9. The second kappa shape index (κ2) is 8.18. The van der Waals surface area contributed by atoms with Gasteiger partial charge in [0.05, 0.1) is 6.54 Å². The molecule has 1 heterocycles. The van der Waals surface area contributed by atoms with Gasteiger partial charge in [0, 0.05) is 11.7 Å². The Hall–Kier alpha value is -1.55. The lowest BCUT2D eigenvalue weighted by Gasteiger charge is -2.24. The third kappa shape index (κ3) is 4.73. The summed E-state index contributed by atoms with van der Waals surface area (Å²) in [5, 5.41) is 3.22. The van der Waals surface area contributed by atoms with Crippen molar-refractivity contribution in [1.82, 2.24) is 4.90 Å². The fourth-order valence-corrected chi connectivity index (χ4v) is 2.98. The Balaban J connectivity index is 1.92. The van der Waals surface area contributed by atoms with Crippen molar-refractivity contribution in [3.05, 3.63) is 29.8 Å². The van der Waals surface area contributed by atoms with Gasteiger partial charge in [0.15, 0.2) is 5.96 Å². The van der Waals surface area contributed by atoms with E-state index in [4.69, 9.17) is 5.73 Å². The Morgan fingerprint density at radius 3 is 2.68 bits per heavy atom. The van der Waals surface area contributed by atoms with Crippen LogP contribution in [0.2, 0.25) is 0 Å². The van der Waals surface area contributed by atoms with Gasteiger partial charge in [0.25, 0.3) is 0 Å². The number of hydrogen-bond acceptors (Lipinski definition) is 2. The fourth-order valence-electron chi connectivity index (χ4n) is 2.98. The number of rotatable bonds is 6. The van der Waals surface area contributed by atoms with Crippen molar-refractivity contribution >= 4 is 11.6 Å². The van der Waals surface area contributed by atoms with Crippen LogP contribution in [0.25, 0.3) is 0 Å². The molecule has 1 saturated heterocycles. The molecule has 3 N–H and O–H groups in total. The average molecular weight is 302 g/mol. The van der Waals surface area contributed by atoms with Crippen molar-refractivity contribution < 1.29 is 0 Å². The molecule has 4 nitrogen and oxygen atoms in total. The number of anilines is 1. The summed E-state index contributed by atoms with van der Waals surface area (Å²) in [5.41, 5.74) is 8.38. The Morgan fingerprint density at radius 2 is 2.05 bits per heavy atom. The molecule has 0 aliphatic carbocycles. The van der Waals surface area contributed by atoms with Gasteiger partial charge < -0.3 is 11.1 Å². The molecule has 2 rings (SSSR count). The van der Waals surface area contributed by atoms with E-state index in [-0.39, 0.29) is 0 Å². The fraction of sp³-hybridized carbons (Fsp3) is 0.611. The maximum atomic E-state index is 6.05. The number of hydrogen-bond donors (Lipinski definition) is 2. The Kier molecular flexibility index (Phi) is 6.25. The predicted molar refractivity (Wildman–Crippen MR) is 95.5 cm³/mol. The highest BCUT2D eigenvalue weighted by Gasteiger charge is 2.19. The van der Waals surface area contributed by atoms with Crippen molar-refractivity contribution in [3.8, 4) is 0 Å². The Morgan fingerprint density at radius 1 is 1.32 bits per heavy atom. The van der Waals surface area contributed by atoms with Crippen molar-refractivity contribution in [3.63, 3.8) is 0 Å². The molecule has 0 saturated carbocycles. The molecular weight excluding hydrogens is 272 g/mol. The highest BCUT2D eigenvalue weighted by molar-refractivity contribution is 5.92. The SMILES string of the molecule is CCC(CN=C(N)Nc1cccc(C(C)C)c1)N1CCCC1. The summed E-state index contributed by atoms with van der Waals surface area (Å²) < 4.78 is 0. The van der Waals surface area contributed by atoms with Crippen LogP contribution in [-0.4, -0.2) is 36.5 Å². The van der Waals surface area contributed by atoms with Gasteiger partial charge in [0.1, 0.15) is 0 Å². The number of benzene rings is 1. The lowest BCUT2D eigenvalue weighted by molar-refractivity contribution is 0.242. The number of guanidine groups is 1. The van der Waals surface area contributed by atoms with E-state index in [0.717, 1.165) is 18.7 Å². The van der Waals surface area contributed by atoms with Crippen LogP contribution in [0.3, 0.4) is 0 Å². The van der Waals surface area contributed by atoms with Crippen LogP contribution in [0.4, 0.5) is 5.69 Å². The largest absolute Gasteiger partial charge is 0.370 e. The van der Waals surface area contributed by atoms with Crippen LogP contribution in [0.5, 0.6) is 0 Å². The summed E-state index contributed by atoms with van der Waals surface area (Å²) in [6, 6.07) is 8.90. The van der Waals surface area contributed by atoms with Gasteiger partial charge in [-0.25, -0.2) is 0 Å². The van der Waals surface area contributed by atoms with E-state index >= 15 is 0 Å². The molecule has 1 unspecified atom stereocenters. The van der Waals surface area contributed by atoms with E-state index in [2.05, 4.69) is 54.2 Å². The van der Waals surface area contributed by atoms with E-state index in [1.165, 1.54) is 31.5 Å². The van der Waals surface area contributed by atoms with Crippen molar-refractivity contribution in [2.75, 3.05) is 25.0 Å². The number of aliphatic imine (C=N–C) groups is 1. The molecule has 0 aromatic heterocycles. The third-order valence-electron chi connectivity index (χ3n) is 4.43. The molecule has 0 bridgehead atoms. The maximum absolute atomic E-state index is 6.05. The minimum absolute atomic E-state index is 0.513. The summed E-state index contributed by atoms with van der Waals surface area (Å²) in [7, 11) is 0. The first-order valence-corrected chi connectivity index (χ1v) is 8.51. The lowest BCUT2D eigenvalue weighted by atomic mass is 10.0. The molecule has 4 heteroatoms. The van der Waals surface area contributed by atoms with Gasteiger partial charge in [-0.1, -0.05) is 32.9 Å². The number of likely N-dealkylation sites (tertiary alicyclic amines) is 1. The van der Waals surface area contributed by atoms with Crippen LogP contribution >= 0.6 is 0 Å². The molecule has 0 radical (unpaired) electrons. The number of nitrogens with one attached hydrogen (secondary N) is 1. The zero-order valence-electron chi connectivity index (χ0n) is 14.2. The van der Waals surface area contributed by atoms with Crippen molar-refractivity contribution in [2.45, 2.75) is 52.0 Å². The molecule has 1 aromatic carbocycles. The van der Waals surface area contributed by atoms with Crippen LogP contribution in [-0.2, 0) is 0 Å². The van der Waals surface area contributed by atoms with Crippen LogP contribution < -0.4 is 11.1 Å². The van der Waals surface area contributed by atoms with E-state index in [9.17, 15) is 0 Å². The van der Waals surface area contributed by atoms with Gasteiger partial charge in [-0.05, 0) is 56.0 Å². The standard InChI is InChI=1S/C18H30N4/c1-4-17(22-10-5-6-11-22)13-20-18(19)21-16-9-7-8-15(12-16)14(2)3/h7-9,12,14,17H,4-6,10-11,13H2,1-3H3,(H3,19,20,21). The molecule has 22 heavy (non-hydrogen) atoms. The van der Waals surface area contributed by atoms with Crippen LogP contribution in [0, 0.1) is 0 Å². The molecule has 122 valence electrons. The zero-order chi connectivity index (χ0) is 15.9. The smallest absolute Gasteiger partial charge is 0.193 e. The summed E-state index contributed by atoms with van der Waals surface area (Å²) in [4.78, 5) is 7.09. The molecular formula is C18H30N4. The summed E-state index contributed by atoms with van der Waals surface area (Å²) >= 11 is 0. The molecule has 1 atom stereocenters. The van der Waals surface area contributed by atoms with E-state index in [1.807, 2.05) is 6.07 Å². The second-order valence-electron chi connectivity index (χ2n) is 6.44. The summed E-state index contributed by atoms with van der Waals surface area (Å²) in [6.45, 7) is 9.81. The highest BCUT2D eigenvalue weighted by Crippen LogP contribution is 2.18. The van der Waals surface area contributed by atoms with Gasteiger partial charge in [-0.2, -0.15) is 0 Å². The van der Waals surface area contributed by atoms with Gasteiger partial charge in [-0.3, -0.25) is 9.89 Å². The minimum atomic E-state index is 0.513. The second-order valence-corrected chi connectivity index (χ2v) is 6.44. The lowest BCUT2D eigenvalue weighted by Crippen LogP contribution is -2.35. The first-order valence-electron chi connectivity index (χ1n) is 8.51. The molecule has 1 aliphatic heterocycles. The zero-order valence-corrected chi connectivity index (χ0v) is 14.2. The Bertz CT molecular complexity index is 490. The monoisotopic (exact) mass is 302 g/mol. The number of nitrogens with two attached hydrogens (primary N) is 1. The first-order chi connectivity index (χ1) is 10.6. The van der Waals surface area contributed by atoms with E-state index < -0.39 is 0 Å². The summed E-state index contributed by atoms with van der Waals surface area (Å²) in [5.74, 6) is 1.03. The van der Waals surface area contributed by atoms with Crippen LogP contribution in [0.15, 0.2) is 29.3 Å². The quantitative estimate of drug-likeness (QED) is 0.625. The van der Waals surface area contributed by atoms with Crippen molar-refractivity contribution in [2.24, 2.45) is 10.7 Å². The first kappa shape index (κ1) is 16.8. The van der Waals surface area contributed by atoms with Gasteiger partial charge in [0.2, 0.25) is 0 Å². The molecule has 0 amide bonds. The molecule has 1 aliphatic rings. The topological polar surface area (TPSA) is 53.6 Å². The van der Waals surface area contributed by atoms with Crippen LogP contribution in [0.1, 0.15) is 51.5 Å². The molecule has 1 aromatic rings. The molecule has 0 spiro atoms. The predicted octanol–water partition coefficient (Wildman–Crippen LogP) is 3.41. The maximum Gasteiger partial charge on any atom is 0.193 e. The highest BCUT2D eigenvalue weighted by atomic mass is 15.2. The van der Waals surface area contributed by atoms with Gasteiger partial charge >= 0.3 is 0 Å². The average Bonchev–Trinajstić information content (AvgIpc) is 3.02. The Labute approximate surface area is 134 Å². The minimum Gasteiger partial charge on any atom is -0.370 e. The number of nitrogens with zero attached hydrogens (tertiary/aromatic N) is 2. The third-order valence-corrected chi connectivity index (χ3v) is 4.43. The van der Waals surface area contributed by atoms with Gasteiger partial charge in [-0.15, -0.1) is 0 Å². The van der Waals surface area contributed by atoms with Crippen molar-refractivity contribution in [1.29, 1.82) is 0 Å². The van der Waals surface area contributed by atoms with E-state index in [1.54, 1.807) is 0 Å². The molecule has 1 fully saturated rings. The van der Waals surface area contributed by atoms with E-state index in [0.29, 0.717) is 17.9 Å². The summed E-state index contributed by atoms with van der Waals surface area (Å²) in [6.07, 6.45) is 3.76.